The Labute approximate surface area is 106 Å². The molecule has 5 heteroatoms. The van der Waals surface area contributed by atoms with Crippen LogP contribution in [0.1, 0.15) is 17.7 Å². The molecule has 1 fully saturated rings. The van der Waals surface area contributed by atoms with Crippen LogP contribution in [0.4, 0.5) is 0 Å². The van der Waals surface area contributed by atoms with Gasteiger partial charge in [0.05, 0.1) is 0 Å². The van der Waals surface area contributed by atoms with Gasteiger partial charge in [-0.3, -0.25) is 4.79 Å². The molecule has 16 heavy (non-hydrogen) atoms. The van der Waals surface area contributed by atoms with Crippen molar-refractivity contribution in [2.75, 3.05) is 13.1 Å². The molecular formula is C11H17ClN2OS. The molecule has 2 rings (SSSR count). The van der Waals surface area contributed by atoms with Gasteiger partial charge in [0, 0.05) is 30.4 Å². The van der Waals surface area contributed by atoms with Crippen molar-refractivity contribution in [3.05, 3.63) is 22.4 Å². The molecule has 0 unspecified atom stereocenters. The lowest BCUT2D eigenvalue weighted by Crippen LogP contribution is -2.31. The number of rotatable bonds is 3. The molecule has 2 N–H and O–H groups in total. The van der Waals surface area contributed by atoms with Crippen LogP contribution in [0.15, 0.2) is 17.5 Å². The van der Waals surface area contributed by atoms with Crippen LogP contribution in [0.3, 0.4) is 0 Å². The number of amides is 1. The van der Waals surface area contributed by atoms with Gasteiger partial charge < -0.3 is 10.6 Å². The predicted octanol–water partition coefficient (Wildman–Crippen LogP) is 1.66. The number of nitrogens with zero attached hydrogens (tertiary/aromatic N) is 1. The number of thiophene rings is 1. The number of likely N-dealkylation sites (tertiary alicyclic amines) is 1. The molecule has 0 aliphatic carbocycles. The standard InChI is InChI=1S/C11H16N2OS.ClH/c12-9-5-6-13(8-9)11(14)4-3-10-2-1-7-15-10;/h1-2,7,9H,3-6,8,12H2;1H/t9-;/m0./s1. The van der Waals surface area contributed by atoms with E-state index < -0.39 is 0 Å². The Kier molecular flexibility index (Phi) is 5.25. The Morgan fingerprint density at radius 1 is 1.62 bits per heavy atom. The summed E-state index contributed by atoms with van der Waals surface area (Å²) < 4.78 is 0. The Morgan fingerprint density at radius 3 is 3.00 bits per heavy atom. The minimum atomic E-state index is 0. The first-order valence-corrected chi connectivity index (χ1v) is 6.19. The molecule has 0 saturated carbocycles. The maximum absolute atomic E-state index is 11.8. The highest BCUT2D eigenvalue weighted by Gasteiger charge is 2.22. The molecule has 1 aliphatic heterocycles. The lowest BCUT2D eigenvalue weighted by Gasteiger charge is -2.15. The van der Waals surface area contributed by atoms with Gasteiger partial charge in [-0.1, -0.05) is 6.07 Å². The van der Waals surface area contributed by atoms with Crippen LogP contribution < -0.4 is 5.73 Å². The van der Waals surface area contributed by atoms with Gasteiger partial charge in [0.25, 0.3) is 0 Å². The zero-order valence-corrected chi connectivity index (χ0v) is 10.7. The molecule has 0 aromatic carbocycles. The first kappa shape index (κ1) is 13.5. The van der Waals surface area contributed by atoms with Gasteiger partial charge in [0.2, 0.25) is 5.91 Å². The van der Waals surface area contributed by atoms with Crippen molar-refractivity contribution >= 4 is 29.7 Å². The van der Waals surface area contributed by atoms with E-state index in [-0.39, 0.29) is 24.4 Å². The van der Waals surface area contributed by atoms with Crippen LogP contribution in [0.25, 0.3) is 0 Å². The molecule has 1 amide bonds. The first-order valence-electron chi connectivity index (χ1n) is 5.31. The van der Waals surface area contributed by atoms with Crippen LogP contribution in [-0.4, -0.2) is 29.9 Å². The van der Waals surface area contributed by atoms with E-state index >= 15 is 0 Å². The largest absolute Gasteiger partial charge is 0.341 e. The molecule has 1 aliphatic rings. The van der Waals surface area contributed by atoms with Crippen LogP contribution in [0.2, 0.25) is 0 Å². The summed E-state index contributed by atoms with van der Waals surface area (Å²) in [5.41, 5.74) is 5.76. The number of nitrogens with two attached hydrogens (primary N) is 1. The van der Waals surface area contributed by atoms with Crippen molar-refractivity contribution < 1.29 is 4.79 Å². The van der Waals surface area contributed by atoms with E-state index in [0.717, 1.165) is 25.9 Å². The monoisotopic (exact) mass is 260 g/mol. The third kappa shape index (κ3) is 3.47. The fraction of sp³-hybridized carbons (Fsp3) is 0.545. The van der Waals surface area contributed by atoms with Crippen molar-refractivity contribution in [1.29, 1.82) is 0 Å². The zero-order valence-electron chi connectivity index (χ0n) is 9.09. The molecule has 0 bridgehead atoms. The summed E-state index contributed by atoms with van der Waals surface area (Å²) >= 11 is 1.71. The van der Waals surface area contributed by atoms with Gasteiger partial charge in [0.15, 0.2) is 0 Å². The van der Waals surface area contributed by atoms with E-state index in [0.29, 0.717) is 6.42 Å². The summed E-state index contributed by atoms with van der Waals surface area (Å²) in [6.07, 6.45) is 2.43. The molecule has 0 radical (unpaired) electrons. The Morgan fingerprint density at radius 2 is 2.44 bits per heavy atom. The smallest absolute Gasteiger partial charge is 0.222 e. The van der Waals surface area contributed by atoms with Crippen molar-refractivity contribution in [3.63, 3.8) is 0 Å². The third-order valence-corrected chi connectivity index (χ3v) is 3.68. The van der Waals surface area contributed by atoms with E-state index in [4.69, 9.17) is 5.73 Å². The summed E-state index contributed by atoms with van der Waals surface area (Å²) in [4.78, 5) is 14.9. The molecular weight excluding hydrogens is 244 g/mol. The van der Waals surface area contributed by atoms with Gasteiger partial charge in [-0.15, -0.1) is 23.7 Å². The number of halogens is 1. The van der Waals surface area contributed by atoms with Crippen molar-refractivity contribution in [2.45, 2.75) is 25.3 Å². The normalized spacial score (nSPS) is 19.6. The fourth-order valence-electron chi connectivity index (χ4n) is 1.86. The Bertz CT molecular complexity index is 329. The van der Waals surface area contributed by atoms with Gasteiger partial charge >= 0.3 is 0 Å². The highest BCUT2D eigenvalue weighted by molar-refractivity contribution is 7.09. The van der Waals surface area contributed by atoms with Crippen molar-refractivity contribution in [2.24, 2.45) is 5.73 Å². The molecule has 0 spiro atoms. The van der Waals surface area contributed by atoms with Crippen molar-refractivity contribution in [3.8, 4) is 0 Å². The second-order valence-corrected chi connectivity index (χ2v) is 5.00. The lowest BCUT2D eigenvalue weighted by molar-refractivity contribution is -0.130. The van der Waals surface area contributed by atoms with Gasteiger partial charge in [-0.2, -0.15) is 0 Å². The van der Waals surface area contributed by atoms with Crippen LogP contribution >= 0.6 is 23.7 Å². The van der Waals surface area contributed by atoms with E-state index in [1.54, 1.807) is 11.3 Å². The highest BCUT2D eigenvalue weighted by Crippen LogP contribution is 2.14. The van der Waals surface area contributed by atoms with E-state index in [9.17, 15) is 4.79 Å². The number of carbonyl (C=O) groups is 1. The number of hydrogen-bond donors (Lipinski definition) is 1. The average Bonchev–Trinajstić information content (AvgIpc) is 2.84. The molecule has 1 atom stereocenters. The Balaban J connectivity index is 0.00000128. The van der Waals surface area contributed by atoms with E-state index in [2.05, 4.69) is 6.07 Å². The minimum Gasteiger partial charge on any atom is -0.341 e. The lowest BCUT2D eigenvalue weighted by atomic mass is 10.2. The van der Waals surface area contributed by atoms with Gasteiger partial charge in [-0.25, -0.2) is 0 Å². The van der Waals surface area contributed by atoms with Crippen LogP contribution in [0.5, 0.6) is 0 Å². The summed E-state index contributed by atoms with van der Waals surface area (Å²) in [6, 6.07) is 4.29. The molecule has 1 aromatic rings. The maximum atomic E-state index is 11.8. The topological polar surface area (TPSA) is 46.3 Å². The van der Waals surface area contributed by atoms with Gasteiger partial charge in [0.1, 0.15) is 0 Å². The molecule has 2 heterocycles. The average molecular weight is 261 g/mol. The zero-order chi connectivity index (χ0) is 10.7. The van der Waals surface area contributed by atoms with Gasteiger partial charge in [-0.05, 0) is 24.3 Å². The second-order valence-electron chi connectivity index (χ2n) is 3.97. The number of carbonyl (C=O) groups excluding carboxylic acids is 1. The highest BCUT2D eigenvalue weighted by atomic mass is 35.5. The van der Waals surface area contributed by atoms with Crippen molar-refractivity contribution in [1.82, 2.24) is 4.90 Å². The predicted molar refractivity (Wildman–Crippen MR) is 69.1 cm³/mol. The summed E-state index contributed by atoms with van der Waals surface area (Å²) in [5.74, 6) is 0.247. The number of aryl methyl sites for hydroxylation is 1. The summed E-state index contributed by atoms with van der Waals surface area (Å²) in [5, 5.41) is 2.05. The second kappa shape index (κ2) is 6.23. The van der Waals surface area contributed by atoms with Crippen LogP contribution in [0, 0.1) is 0 Å². The molecule has 90 valence electrons. The summed E-state index contributed by atoms with van der Waals surface area (Å²) in [6.45, 7) is 1.58. The molecule has 3 nitrogen and oxygen atoms in total. The first-order chi connectivity index (χ1) is 7.25. The van der Waals surface area contributed by atoms with Crippen LogP contribution in [-0.2, 0) is 11.2 Å². The SMILES string of the molecule is Cl.N[C@H]1CCN(C(=O)CCc2cccs2)C1. The van der Waals surface area contributed by atoms with E-state index in [1.807, 2.05) is 16.3 Å². The fourth-order valence-corrected chi connectivity index (χ4v) is 2.57. The summed E-state index contributed by atoms with van der Waals surface area (Å²) in [7, 11) is 0. The molecule has 1 saturated heterocycles. The third-order valence-electron chi connectivity index (χ3n) is 2.74. The quantitative estimate of drug-likeness (QED) is 0.899. The maximum Gasteiger partial charge on any atom is 0.222 e. The Hall–Kier alpha value is -0.580. The molecule has 1 aromatic heterocycles. The number of hydrogen-bond acceptors (Lipinski definition) is 3. The minimum absolute atomic E-state index is 0. The van der Waals surface area contributed by atoms with E-state index in [1.165, 1.54) is 4.88 Å².